The molecule has 10 aliphatic carbocycles. The van der Waals surface area contributed by atoms with Gasteiger partial charge in [0.05, 0.1) is 6.04 Å². The van der Waals surface area contributed by atoms with Crippen LogP contribution in [0.3, 0.4) is 0 Å². The van der Waals surface area contributed by atoms with Gasteiger partial charge < -0.3 is 4.90 Å². The number of rotatable bonds is 9. The van der Waals surface area contributed by atoms with Gasteiger partial charge >= 0.3 is 0 Å². The maximum atomic E-state index is 4.27. The van der Waals surface area contributed by atoms with Crippen LogP contribution in [0.15, 0.2) is 274 Å². The fraction of sp³-hybridized carbons (Fsp3) is 0.263. The molecule has 0 saturated heterocycles. The maximum Gasteiger partial charge on any atom is 0.0563 e. The van der Waals surface area contributed by atoms with E-state index in [4.69, 9.17) is 0 Å². The Hall–Kier alpha value is -7.48. The van der Waals surface area contributed by atoms with Gasteiger partial charge in [0.15, 0.2) is 0 Å². The van der Waals surface area contributed by atoms with Gasteiger partial charge in [-0.05, 0) is 166 Å². The first kappa shape index (κ1) is 47.9. The van der Waals surface area contributed by atoms with Crippen molar-refractivity contribution in [3.63, 3.8) is 0 Å². The molecule has 0 fully saturated rings. The lowest BCUT2D eigenvalue weighted by Gasteiger charge is -2.42. The van der Waals surface area contributed by atoms with Crippen molar-refractivity contribution >= 4 is 27.6 Å². The second-order valence-corrected chi connectivity index (χ2v) is 24.1. The second kappa shape index (κ2) is 18.6. The minimum atomic E-state index is -0.132. The summed E-state index contributed by atoms with van der Waals surface area (Å²) in [5.41, 5.74) is 26.6. The zero-order chi connectivity index (χ0) is 52.2. The minimum Gasteiger partial charge on any atom is -0.334 e. The molecule has 6 unspecified atom stereocenters. The summed E-state index contributed by atoms with van der Waals surface area (Å²) >= 11 is 0. The van der Waals surface area contributed by atoms with Crippen LogP contribution in [-0.4, -0.2) is 6.04 Å². The van der Waals surface area contributed by atoms with E-state index < -0.39 is 0 Å². The number of nitrogens with zero attached hydrogens (tertiary/aromatic N) is 1. The molecule has 0 N–H and O–H groups in total. The summed E-state index contributed by atoms with van der Waals surface area (Å²) in [6.45, 7) is 15.9. The summed E-state index contributed by atoms with van der Waals surface area (Å²) in [6, 6.07) is 32.5. The summed E-state index contributed by atoms with van der Waals surface area (Å²) in [4.78, 5) is 2.72. The third-order valence-corrected chi connectivity index (χ3v) is 19.3. The van der Waals surface area contributed by atoms with Crippen molar-refractivity contribution < 1.29 is 0 Å². The lowest BCUT2D eigenvalue weighted by molar-refractivity contribution is 0.358. The summed E-state index contributed by atoms with van der Waals surface area (Å²) < 4.78 is 0. The molecule has 0 heterocycles. The first-order valence-electron chi connectivity index (χ1n) is 29.0. The molecular formula is C76H71N. The van der Waals surface area contributed by atoms with Gasteiger partial charge in [-0.3, -0.25) is 0 Å². The SMILES string of the molecule is C=C(C)/C=C(\C=C/C)c1cc(-c2ccccc2)cc(C2C=CC(N(c3ccc(C4=C[C@H](C)C5C(=C4)C4(C6=C(CCC=C6)C6C=CC=CC64)C4=C5CCC=C4)c4ccccc34)C3C=C4C(=CC3)C3=C(C=CC3)C4(C)C)=CC2)c1. The highest BCUT2D eigenvalue weighted by Gasteiger charge is 2.61. The average Bonchev–Trinajstić information content (AvgIpc) is 4.28. The Morgan fingerprint density at radius 1 is 0.740 bits per heavy atom. The lowest BCUT2D eigenvalue weighted by Crippen LogP contribution is -2.35. The topological polar surface area (TPSA) is 3.24 Å². The predicted molar refractivity (Wildman–Crippen MR) is 327 cm³/mol. The van der Waals surface area contributed by atoms with Crippen molar-refractivity contribution in [2.45, 2.75) is 91.5 Å². The van der Waals surface area contributed by atoms with Crippen LogP contribution in [0.2, 0.25) is 0 Å². The largest absolute Gasteiger partial charge is 0.334 e. The molecule has 0 aromatic heterocycles. The molecule has 1 nitrogen and oxygen atoms in total. The Labute approximate surface area is 458 Å². The van der Waals surface area contributed by atoms with Gasteiger partial charge in [0.1, 0.15) is 0 Å². The fourth-order valence-electron chi connectivity index (χ4n) is 16.2. The number of allylic oxidation sites excluding steroid dienone is 30. The van der Waals surface area contributed by atoms with Crippen LogP contribution in [0.1, 0.15) is 102 Å². The molecule has 0 aliphatic heterocycles. The Morgan fingerprint density at radius 2 is 1.51 bits per heavy atom. The molecule has 10 aliphatic rings. The van der Waals surface area contributed by atoms with Gasteiger partial charge in [-0.25, -0.2) is 0 Å². The molecule has 0 radical (unpaired) electrons. The number of fused-ring (bicyclic) bond motifs is 11. The van der Waals surface area contributed by atoms with E-state index in [2.05, 4.69) is 253 Å². The van der Waals surface area contributed by atoms with Crippen molar-refractivity contribution in [1.29, 1.82) is 0 Å². The summed E-state index contributed by atoms with van der Waals surface area (Å²) in [5.74, 6) is 1.89. The van der Waals surface area contributed by atoms with Gasteiger partial charge in [-0.1, -0.05) is 232 Å². The molecule has 0 saturated carbocycles. The Balaban J connectivity index is 0.885. The fourth-order valence-corrected chi connectivity index (χ4v) is 16.2. The average molecular weight is 998 g/mol. The normalized spacial score (nSPS) is 28.1. The number of benzene rings is 4. The van der Waals surface area contributed by atoms with E-state index in [1.54, 1.807) is 27.9 Å². The van der Waals surface area contributed by atoms with Gasteiger partial charge in [-0.15, -0.1) is 0 Å². The number of hydrogen-bond donors (Lipinski definition) is 0. The van der Waals surface area contributed by atoms with Crippen LogP contribution in [0.25, 0.3) is 33.0 Å². The first-order valence-corrected chi connectivity index (χ1v) is 29.0. The Kier molecular flexibility index (Phi) is 11.6. The van der Waals surface area contributed by atoms with E-state index >= 15 is 0 Å². The smallest absolute Gasteiger partial charge is 0.0563 e. The molecule has 380 valence electrons. The first-order chi connectivity index (χ1) is 37.6. The number of anilines is 1. The van der Waals surface area contributed by atoms with Gasteiger partial charge in [0.2, 0.25) is 0 Å². The van der Waals surface area contributed by atoms with Crippen LogP contribution >= 0.6 is 0 Å². The molecule has 4 aromatic carbocycles. The van der Waals surface area contributed by atoms with Crippen molar-refractivity contribution in [1.82, 2.24) is 0 Å². The molecule has 0 amide bonds. The predicted octanol–water partition coefficient (Wildman–Crippen LogP) is 19.6. The van der Waals surface area contributed by atoms with E-state index in [1.165, 1.54) is 89.8 Å². The highest BCUT2D eigenvalue weighted by atomic mass is 15.2. The van der Waals surface area contributed by atoms with Crippen LogP contribution in [-0.2, 0) is 0 Å². The monoisotopic (exact) mass is 998 g/mol. The lowest BCUT2D eigenvalue weighted by atomic mass is 9.60. The van der Waals surface area contributed by atoms with Crippen molar-refractivity contribution in [3.05, 3.63) is 291 Å². The van der Waals surface area contributed by atoms with E-state index in [1.807, 2.05) is 0 Å². The van der Waals surface area contributed by atoms with E-state index in [0.29, 0.717) is 23.7 Å². The summed E-state index contributed by atoms with van der Waals surface area (Å²) in [6.07, 6.45) is 56.8. The van der Waals surface area contributed by atoms with E-state index in [9.17, 15) is 0 Å². The Morgan fingerprint density at radius 3 is 2.30 bits per heavy atom. The quantitative estimate of drug-likeness (QED) is 0.151. The maximum absolute atomic E-state index is 4.27. The molecule has 4 aromatic rings. The zero-order valence-corrected chi connectivity index (χ0v) is 45.7. The van der Waals surface area contributed by atoms with Gasteiger partial charge in [0.25, 0.3) is 0 Å². The minimum absolute atomic E-state index is 0.0392. The summed E-state index contributed by atoms with van der Waals surface area (Å²) in [7, 11) is 0. The van der Waals surface area contributed by atoms with Crippen LogP contribution < -0.4 is 4.90 Å². The zero-order valence-electron chi connectivity index (χ0n) is 45.7. The molecule has 77 heavy (non-hydrogen) atoms. The van der Waals surface area contributed by atoms with Crippen LogP contribution in [0.5, 0.6) is 0 Å². The van der Waals surface area contributed by atoms with Crippen LogP contribution in [0, 0.1) is 34.5 Å². The van der Waals surface area contributed by atoms with Gasteiger partial charge in [-0.2, -0.15) is 0 Å². The molecular weight excluding hydrogens is 927 g/mol. The third kappa shape index (κ3) is 7.47. The van der Waals surface area contributed by atoms with E-state index in [0.717, 1.165) is 44.1 Å². The van der Waals surface area contributed by atoms with Crippen molar-refractivity contribution in [2.24, 2.45) is 34.5 Å². The van der Waals surface area contributed by atoms with Crippen LogP contribution in [0.4, 0.5) is 5.69 Å². The Bertz CT molecular complexity index is 3760. The molecule has 14 rings (SSSR count). The van der Waals surface area contributed by atoms with Crippen molar-refractivity contribution in [2.75, 3.05) is 4.90 Å². The van der Waals surface area contributed by atoms with Gasteiger partial charge in [0, 0.05) is 51.3 Å². The standard InChI is InChI=1S/C76H71N/c1-7-20-52(41-48(2)3)55-44-53(50-21-9-8-10-22-50)43-54(45-55)51-33-35-57(36-34-51)77(58-37-38-64-61-28-19-32-67(61)75(5,6)71(64)47-58)73-40-39-59(60-23-11-12-26-65(60)73)56-42-49(4)74-66-27-15-18-31-70(66)76(72(74)46-56)68-29-16-13-24-62(68)63-25-14-17-30-69(63)76/h7-13,16-24,26,29-33,35-36,38-47,49,51,58,62,68,74H,2,14-15,25,27-28,34,37H2,1,3-6H3/b20-7-,52-41+/t49-,51?,58?,62?,68?,74?,76?/m0/s1. The highest BCUT2D eigenvalue weighted by Crippen LogP contribution is 2.71. The summed E-state index contributed by atoms with van der Waals surface area (Å²) in [5, 5.41) is 2.63. The third-order valence-electron chi connectivity index (χ3n) is 19.3. The highest BCUT2D eigenvalue weighted by molar-refractivity contribution is 6.04. The van der Waals surface area contributed by atoms with Crippen molar-refractivity contribution in [3.8, 4) is 11.1 Å². The second-order valence-electron chi connectivity index (χ2n) is 24.1. The molecule has 1 heteroatoms. The molecule has 1 spiro atoms. The molecule has 0 bridgehead atoms. The van der Waals surface area contributed by atoms with E-state index in [-0.39, 0.29) is 22.8 Å². The number of hydrogen-bond acceptors (Lipinski definition) is 1. The molecule has 7 atom stereocenters.